The van der Waals surface area contributed by atoms with Crippen molar-refractivity contribution in [2.45, 2.75) is 26.1 Å². The zero-order valence-corrected chi connectivity index (χ0v) is 10.2. The Kier molecular flexibility index (Phi) is 4.13. The molecule has 0 spiro atoms. The molecule has 2 atom stereocenters. The highest BCUT2D eigenvalue weighted by Crippen LogP contribution is 2.29. The van der Waals surface area contributed by atoms with Crippen LogP contribution in [0.3, 0.4) is 0 Å². The molecular formula is C11H12BrNO2. The van der Waals surface area contributed by atoms with Crippen LogP contribution < -0.4 is 4.74 Å². The lowest BCUT2D eigenvalue weighted by Crippen LogP contribution is -2.10. The number of nitriles is 1. The van der Waals surface area contributed by atoms with Gasteiger partial charge in [-0.2, -0.15) is 5.26 Å². The Bertz CT molecular complexity index is 385. The summed E-state index contributed by atoms with van der Waals surface area (Å²) in [5.41, 5.74) is 0.681. The fourth-order valence-corrected chi connectivity index (χ4v) is 1.51. The van der Waals surface area contributed by atoms with Crippen molar-refractivity contribution in [3.63, 3.8) is 0 Å². The molecule has 0 aliphatic heterocycles. The van der Waals surface area contributed by atoms with Gasteiger partial charge in [-0.1, -0.05) is 22.0 Å². The van der Waals surface area contributed by atoms with Crippen molar-refractivity contribution in [1.82, 2.24) is 0 Å². The van der Waals surface area contributed by atoms with Crippen LogP contribution >= 0.6 is 15.9 Å². The number of aliphatic hydroxyl groups is 1. The lowest BCUT2D eigenvalue weighted by Gasteiger charge is -2.14. The highest BCUT2D eigenvalue weighted by molar-refractivity contribution is 9.10. The Morgan fingerprint density at radius 1 is 1.47 bits per heavy atom. The summed E-state index contributed by atoms with van der Waals surface area (Å²) in [4.78, 5) is 0. The molecule has 0 radical (unpaired) electrons. The van der Waals surface area contributed by atoms with Crippen LogP contribution in [0.1, 0.15) is 25.5 Å². The van der Waals surface area contributed by atoms with E-state index in [9.17, 15) is 5.11 Å². The number of ether oxygens (including phenoxy) is 1. The Morgan fingerprint density at radius 3 is 2.67 bits per heavy atom. The van der Waals surface area contributed by atoms with Gasteiger partial charge in [-0.15, -0.1) is 0 Å². The van der Waals surface area contributed by atoms with Crippen LogP contribution in [-0.4, -0.2) is 11.2 Å². The topological polar surface area (TPSA) is 53.2 Å². The van der Waals surface area contributed by atoms with E-state index in [-0.39, 0.29) is 0 Å². The normalized spacial score (nSPS) is 14.1. The van der Waals surface area contributed by atoms with Crippen molar-refractivity contribution in [3.05, 3.63) is 28.2 Å². The summed E-state index contributed by atoms with van der Waals surface area (Å²) in [5, 5.41) is 18.1. The first-order valence-electron chi connectivity index (χ1n) is 4.58. The van der Waals surface area contributed by atoms with Gasteiger partial charge in [0, 0.05) is 10.0 Å². The number of rotatable bonds is 3. The summed E-state index contributed by atoms with van der Waals surface area (Å²) >= 11 is 3.31. The molecule has 1 rings (SSSR count). The van der Waals surface area contributed by atoms with Gasteiger partial charge in [-0.3, -0.25) is 0 Å². The van der Waals surface area contributed by atoms with E-state index in [1.54, 1.807) is 26.0 Å². The van der Waals surface area contributed by atoms with Crippen molar-refractivity contribution in [1.29, 1.82) is 5.26 Å². The molecule has 1 aromatic rings. The summed E-state index contributed by atoms with van der Waals surface area (Å²) in [6.45, 7) is 3.32. The number of hydrogen-bond donors (Lipinski definition) is 1. The largest absolute Gasteiger partial charge is 0.475 e. The molecule has 0 aromatic heterocycles. The third-order valence-corrected chi connectivity index (χ3v) is 2.40. The van der Waals surface area contributed by atoms with E-state index in [0.29, 0.717) is 11.3 Å². The molecule has 0 amide bonds. The summed E-state index contributed by atoms with van der Waals surface area (Å²) in [7, 11) is 0. The Morgan fingerprint density at radius 2 is 2.13 bits per heavy atom. The monoisotopic (exact) mass is 269 g/mol. The van der Waals surface area contributed by atoms with E-state index in [4.69, 9.17) is 10.00 Å². The third kappa shape index (κ3) is 3.22. The first-order chi connectivity index (χ1) is 7.04. The number of aliphatic hydroxyl groups excluding tert-OH is 1. The van der Waals surface area contributed by atoms with E-state index in [1.165, 1.54) is 0 Å². The highest BCUT2D eigenvalue weighted by Gasteiger charge is 2.12. The Hall–Kier alpha value is -1.05. The van der Waals surface area contributed by atoms with Crippen LogP contribution in [0.15, 0.2) is 22.7 Å². The Labute approximate surface area is 97.4 Å². The molecule has 0 saturated carbocycles. The van der Waals surface area contributed by atoms with Gasteiger partial charge in [0.15, 0.2) is 6.10 Å². The standard InChI is InChI=1S/C11H12BrNO2/c1-7(6-13)15-11-5-9(12)3-4-10(11)8(2)14/h3-5,7-8,14H,1-2H3/t7?,8-/m0/s1. The maximum Gasteiger partial charge on any atom is 0.181 e. The van der Waals surface area contributed by atoms with E-state index in [0.717, 1.165) is 4.47 Å². The molecule has 1 unspecified atom stereocenters. The van der Waals surface area contributed by atoms with Crippen LogP contribution in [0.5, 0.6) is 5.75 Å². The maximum absolute atomic E-state index is 9.50. The molecule has 80 valence electrons. The van der Waals surface area contributed by atoms with Gasteiger partial charge in [-0.25, -0.2) is 0 Å². The van der Waals surface area contributed by atoms with Crippen LogP contribution in [0.25, 0.3) is 0 Å². The van der Waals surface area contributed by atoms with E-state index in [2.05, 4.69) is 15.9 Å². The fourth-order valence-electron chi connectivity index (χ4n) is 1.17. The minimum Gasteiger partial charge on any atom is -0.475 e. The minimum atomic E-state index is -0.612. The number of hydrogen-bond acceptors (Lipinski definition) is 3. The molecule has 0 bridgehead atoms. The van der Waals surface area contributed by atoms with Crippen molar-refractivity contribution in [3.8, 4) is 11.8 Å². The highest BCUT2D eigenvalue weighted by atomic mass is 79.9. The number of nitrogens with zero attached hydrogens (tertiary/aromatic N) is 1. The molecule has 1 N–H and O–H groups in total. The van der Waals surface area contributed by atoms with Gasteiger partial charge >= 0.3 is 0 Å². The second-order valence-corrected chi connectivity index (χ2v) is 4.16. The third-order valence-electron chi connectivity index (χ3n) is 1.91. The van der Waals surface area contributed by atoms with Crippen LogP contribution in [-0.2, 0) is 0 Å². The molecule has 0 aliphatic carbocycles. The van der Waals surface area contributed by atoms with Gasteiger partial charge in [0.1, 0.15) is 11.8 Å². The van der Waals surface area contributed by atoms with Crippen molar-refractivity contribution in [2.75, 3.05) is 0 Å². The van der Waals surface area contributed by atoms with E-state index >= 15 is 0 Å². The van der Waals surface area contributed by atoms with Crippen LogP contribution in [0.4, 0.5) is 0 Å². The van der Waals surface area contributed by atoms with Crippen LogP contribution in [0, 0.1) is 11.3 Å². The molecular weight excluding hydrogens is 258 g/mol. The van der Waals surface area contributed by atoms with Crippen LogP contribution in [0.2, 0.25) is 0 Å². The number of halogens is 1. The average molecular weight is 270 g/mol. The molecule has 1 aromatic carbocycles. The van der Waals surface area contributed by atoms with Crippen molar-refractivity contribution in [2.24, 2.45) is 0 Å². The van der Waals surface area contributed by atoms with E-state index in [1.807, 2.05) is 12.1 Å². The second-order valence-electron chi connectivity index (χ2n) is 3.25. The van der Waals surface area contributed by atoms with Gasteiger partial charge in [-0.05, 0) is 26.0 Å². The molecule has 0 saturated heterocycles. The molecule has 0 aliphatic rings. The van der Waals surface area contributed by atoms with Gasteiger partial charge < -0.3 is 9.84 Å². The quantitative estimate of drug-likeness (QED) is 0.918. The lowest BCUT2D eigenvalue weighted by atomic mass is 10.1. The first kappa shape index (κ1) is 12.0. The minimum absolute atomic E-state index is 0.531. The van der Waals surface area contributed by atoms with Gasteiger partial charge in [0.25, 0.3) is 0 Å². The van der Waals surface area contributed by atoms with Crippen molar-refractivity contribution < 1.29 is 9.84 Å². The summed E-state index contributed by atoms with van der Waals surface area (Å²) < 4.78 is 6.24. The fraction of sp³-hybridized carbons (Fsp3) is 0.364. The summed E-state index contributed by atoms with van der Waals surface area (Å²) in [6, 6.07) is 7.32. The Balaban J connectivity index is 3.03. The summed E-state index contributed by atoms with van der Waals surface area (Å²) in [6.07, 6.45) is -1.14. The molecule has 0 heterocycles. The molecule has 3 nitrogen and oxygen atoms in total. The van der Waals surface area contributed by atoms with E-state index < -0.39 is 12.2 Å². The molecule has 15 heavy (non-hydrogen) atoms. The second kappa shape index (κ2) is 5.15. The molecule has 0 fully saturated rings. The SMILES string of the molecule is CC(C#N)Oc1cc(Br)ccc1[C@H](C)O. The van der Waals surface area contributed by atoms with Crippen molar-refractivity contribution >= 4 is 15.9 Å². The zero-order chi connectivity index (χ0) is 11.4. The smallest absolute Gasteiger partial charge is 0.181 e. The number of benzene rings is 1. The lowest BCUT2D eigenvalue weighted by molar-refractivity contribution is 0.187. The predicted molar refractivity (Wildman–Crippen MR) is 60.5 cm³/mol. The summed E-state index contributed by atoms with van der Waals surface area (Å²) in [5.74, 6) is 0.536. The molecule has 4 heteroatoms. The predicted octanol–water partition coefficient (Wildman–Crippen LogP) is 2.79. The first-order valence-corrected chi connectivity index (χ1v) is 5.37. The van der Waals surface area contributed by atoms with Gasteiger partial charge in [0.2, 0.25) is 0 Å². The average Bonchev–Trinajstić information content (AvgIpc) is 2.17. The van der Waals surface area contributed by atoms with Gasteiger partial charge in [0.05, 0.1) is 6.10 Å². The zero-order valence-electron chi connectivity index (χ0n) is 8.57. The maximum atomic E-state index is 9.50.